The third-order valence-electron chi connectivity index (χ3n) is 3.15. The number of nitrogens with zero attached hydrogens (tertiary/aromatic N) is 1. The fraction of sp³-hybridized carbons (Fsp3) is 0.429. The molecule has 0 heterocycles. The van der Waals surface area contributed by atoms with Crippen molar-refractivity contribution in [2.45, 2.75) is 12.7 Å². The van der Waals surface area contributed by atoms with Crippen molar-refractivity contribution in [2.24, 2.45) is 5.92 Å². The van der Waals surface area contributed by atoms with Gasteiger partial charge in [0.2, 0.25) is 10.0 Å². The minimum atomic E-state index is -3.63. The standard InChI is InChI=1S/C14H19NO6S/c1-10(13(16)17)8-15(2)22(19,20)9-11-4-6-12(7-5-11)14(18)21-3/h4-7,10H,8-9H2,1-3H3,(H,16,17). The maximum absolute atomic E-state index is 12.2. The Kier molecular flexibility index (Phi) is 6.07. The number of carbonyl (C=O) groups is 2. The summed E-state index contributed by atoms with van der Waals surface area (Å²) in [4.78, 5) is 22.1. The summed E-state index contributed by atoms with van der Waals surface area (Å²) >= 11 is 0. The van der Waals surface area contributed by atoms with Crippen LogP contribution >= 0.6 is 0 Å². The van der Waals surface area contributed by atoms with Gasteiger partial charge in [-0.25, -0.2) is 17.5 Å². The van der Waals surface area contributed by atoms with Crippen LogP contribution in [0.3, 0.4) is 0 Å². The van der Waals surface area contributed by atoms with Gasteiger partial charge in [0.25, 0.3) is 0 Å². The van der Waals surface area contributed by atoms with Crippen LogP contribution in [0.5, 0.6) is 0 Å². The van der Waals surface area contributed by atoms with E-state index >= 15 is 0 Å². The molecule has 1 unspecified atom stereocenters. The molecule has 1 atom stereocenters. The van der Waals surface area contributed by atoms with Crippen molar-refractivity contribution in [3.05, 3.63) is 35.4 Å². The van der Waals surface area contributed by atoms with Crippen molar-refractivity contribution in [3.8, 4) is 0 Å². The smallest absolute Gasteiger partial charge is 0.337 e. The lowest BCUT2D eigenvalue weighted by Crippen LogP contribution is -2.34. The fourth-order valence-electron chi connectivity index (χ4n) is 1.75. The molecule has 0 spiro atoms. The van der Waals surface area contributed by atoms with E-state index in [1.165, 1.54) is 45.3 Å². The van der Waals surface area contributed by atoms with Gasteiger partial charge in [-0.3, -0.25) is 4.79 Å². The Morgan fingerprint density at radius 3 is 2.27 bits per heavy atom. The lowest BCUT2D eigenvalue weighted by Gasteiger charge is -2.19. The monoisotopic (exact) mass is 329 g/mol. The number of hydrogen-bond acceptors (Lipinski definition) is 5. The first-order chi connectivity index (χ1) is 10.2. The molecular weight excluding hydrogens is 310 g/mol. The number of carbonyl (C=O) groups excluding carboxylic acids is 1. The molecule has 1 N–H and O–H groups in total. The zero-order valence-electron chi connectivity index (χ0n) is 12.6. The Hall–Kier alpha value is -1.93. The van der Waals surface area contributed by atoms with Gasteiger partial charge in [-0.2, -0.15) is 0 Å². The topological polar surface area (TPSA) is 101 Å². The van der Waals surface area contributed by atoms with Crippen LogP contribution in [0.25, 0.3) is 0 Å². The molecule has 0 aliphatic carbocycles. The zero-order chi connectivity index (χ0) is 16.9. The predicted octanol–water partition coefficient (Wildman–Crippen LogP) is 0.955. The molecule has 1 aromatic carbocycles. The summed E-state index contributed by atoms with van der Waals surface area (Å²) in [6, 6.07) is 6.02. The molecule has 7 nitrogen and oxygen atoms in total. The molecule has 0 aliphatic heterocycles. The average Bonchev–Trinajstić information content (AvgIpc) is 2.46. The molecule has 0 aromatic heterocycles. The Bertz CT molecular complexity index is 638. The summed E-state index contributed by atoms with van der Waals surface area (Å²) in [5, 5.41) is 8.83. The molecule has 1 rings (SSSR count). The summed E-state index contributed by atoms with van der Waals surface area (Å²) in [6.07, 6.45) is 0. The first-order valence-corrected chi connectivity index (χ1v) is 8.12. The van der Waals surface area contributed by atoms with Crippen LogP contribution in [0, 0.1) is 5.92 Å². The van der Waals surface area contributed by atoms with E-state index in [9.17, 15) is 18.0 Å². The lowest BCUT2D eigenvalue weighted by molar-refractivity contribution is -0.141. The summed E-state index contributed by atoms with van der Waals surface area (Å²) < 4.78 is 29.9. The maximum atomic E-state index is 12.2. The zero-order valence-corrected chi connectivity index (χ0v) is 13.5. The largest absolute Gasteiger partial charge is 0.481 e. The minimum absolute atomic E-state index is 0.0993. The molecule has 0 amide bonds. The van der Waals surface area contributed by atoms with Crippen molar-refractivity contribution in [2.75, 3.05) is 20.7 Å². The summed E-state index contributed by atoms with van der Waals surface area (Å²) in [5.41, 5.74) is 0.832. The number of rotatable bonds is 7. The van der Waals surface area contributed by atoms with E-state index in [0.717, 1.165) is 4.31 Å². The highest BCUT2D eigenvalue weighted by Crippen LogP contribution is 2.13. The second-order valence-corrected chi connectivity index (χ2v) is 7.04. The van der Waals surface area contributed by atoms with Crippen molar-refractivity contribution in [1.82, 2.24) is 4.31 Å². The maximum Gasteiger partial charge on any atom is 0.337 e. The van der Waals surface area contributed by atoms with Crippen molar-refractivity contribution in [3.63, 3.8) is 0 Å². The van der Waals surface area contributed by atoms with Gasteiger partial charge in [-0.15, -0.1) is 0 Å². The van der Waals surface area contributed by atoms with Crippen LogP contribution in [-0.4, -0.2) is 50.5 Å². The van der Waals surface area contributed by atoms with E-state index < -0.39 is 27.9 Å². The molecule has 22 heavy (non-hydrogen) atoms. The Balaban J connectivity index is 2.79. The molecule has 8 heteroatoms. The molecule has 0 fully saturated rings. The number of carboxylic acids is 1. The minimum Gasteiger partial charge on any atom is -0.481 e. The van der Waals surface area contributed by atoms with Crippen LogP contribution in [0.15, 0.2) is 24.3 Å². The van der Waals surface area contributed by atoms with Crippen LogP contribution in [0.4, 0.5) is 0 Å². The number of hydrogen-bond donors (Lipinski definition) is 1. The van der Waals surface area contributed by atoms with E-state index in [4.69, 9.17) is 5.11 Å². The van der Waals surface area contributed by atoms with Gasteiger partial charge in [-0.1, -0.05) is 19.1 Å². The summed E-state index contributed by atoms with van der Waals surface area (Å²) in [7, 11) is -1.02. The van der Waals surface area contributed by atoms with Gasteiger partial charge < -0.3 is 9.84 Å². The number of benzene rings is 1. The second kappa shape index (κ2) is 7.37. The number of esters is 1. The first kappa shape index (κ1) is 18.1. The number of ether oxygens (including phenoxy) is 1. The molecule has 0 aliphatic rings. The molecule has 1 aromatic rings. The van der Waals surface area contributed by atoms with Gasteiger partial charge in [0.1, 0.15) is 0 Å². The van der Waals surface area contributed by atoms with E-state index in [2.05, 4.69) is 4.74 Å². The van der Waals surface area contributed by atoms with E-state index in [1.807, 2.05) is 0 Å². The number of carboxylic acid groups (broad SMARTS) is 1. The van der Waals surface area contributed by atoms with E-state index in [0.29, 0.717) is 11.1 Å². The molecule has 0 saturated carbocycles. The van der Waals surface area contributed by atoms with Crippen molar-refractivity contribution >= 4 is 22.0 Å². The third-order valence-corrected chi connectivity index (χ3v) is 4.95. The Morgan fingerprint density at radius 2 is 1.82 bits per heavy atom. The quantitative estimate of drug-likeness (QED) is 0.748. The Labute approximate surface area is 129 Å². The highest BCUT2D eigenvalue weighted by Gasteiger charge is 2.23. The molecule has 0 radical (unpaired) electrons. The lowest BCUT2D eigenvalue weighted by atomic mass is 10.1. The predicted molar refractivity (Wildman–Crippen MR) is 79.8 cm³/mol. The molecule has 0 bridgehead atoms. The van der Waals surface area contributed by atoms with E-state index in [1.54, 1.807) is 0 Å². The SMILES string of the molecule is COC(=O)c1ccc(CS(=O)(=O)N(C)CC(C)C(=O)O)cc1. The highest BCUT2D eigenvalue weighted by atomic mass is 32.2. The van der Waals surface area contributed by atoms with Gasteiger partial charge in [-0.05, 0) is 17.7 Å². The van der Waals surface area contributed by atoms with Gasteiger partial charge >= 0.3 is 11.9 Å². The highest BCUT2D eigenvalue weighted by molar-refractivity contribution is 7.88. The fourth-order valence-corrected chi connectivity index (χ4v) is 3.04. The van der Waals surface area contributed by atoms with Crippen LogP contribution in [0.1, 0.15) is 22.8 Å². The summed E-state index contributed by atoms with van der Waals surface area (Å²) in [6.45, 7) is 1.34. The average molecular weight is 329 g/mol. The Morgan fingerprint density at radius 1 is 1.27 bits per heavy atom. The molecule has 122 valence electrons. The number of methoxy groups -OCH3 is 1. The second-order valence-electron chi connectivity index (χ2n) is 4.96. The van der Waals surface area contributed by atoms with Crippen molar-refractivity contribution in [1.29, 1.82) is 0 Å². The third kappa shape index (κ3) is 4.81. The number of aliphatic carboxylic acids is 1. The van der Waals surface area contributed by atoms with Crippen LogP contribution in [0.2, 0.25) is 0 Å². The normalized spacial score (nSPS) is 12.9. The van der Waals surface area contributed by atoms with Crippen molar-refractivity contribution < 1.29 is 27.9 Å². The van der Waals surface area contributed by atoms with E-state index in [-0.39, 0.29) is 12.3 Å². The van der Waals surface area contributed by atoms with Crippen LogP contribution < -0.4 is 0 Å². The van der Waals surface area contributed by atoms with Gasteiger partial charge in [0.15, 0.2) is 0 Å². The number of sulfonamides is 1. The van der Waals surface area contributed by atoms with Crippen LogP contribution in [-0.2, 0) is 25.3 Å². The molecular formula is C14H19NO6S. The molecule has 0 saturated heterocycles. The van der Waals surface area contributed by atoms with Gasteiger partial charge in [0, 0.05) is 13.6 Å². The first-order valence-electron chi connectivity index (χ1n) is 6.51. The van der Waals surface area contributed by atoms with Gasteiger partial charge in [0.05, 0.1) is 24.3 Å². The summed E-state index contributed by atoms with van der Waals surface area (Å²) in [5.74, 6) is -2.61.